The van der Waals surface area contributed by atoms with Gasteiger partial charge < -0.3 is 5.11 Å². The van der Waals surface area contributed by atoms with Gasteiger partial charge in [0.2, 0.25) is 0 Å². The Labute approximate surface area is 139 Å². The highest BCUT2D eigenvalue weighted by Crippen LogP contribution is 2.59. The fourth-order valence-electron chi connectivity index (χ4n) is 5.00. The van der Waals surface area contributed by atoms with Crippen LogP contribution in [0.4, 0.5) is 0 Å². The second-order valence-corrected chi connectivity index (χ2v) is 8.37. The number of hydrogen-bond donors (Lipinski definition) is 1. The zero-order chi connectivity index (χ0) is 17.4. The largest absolute Gasteiger partial charge is 0.478 e. The van der Waals surface area contributed by atoms with Crippen molar-refractivity contribution in [3.8, 4) is 0 Å². The SMILES string of the molecule is CC(=CC(=O)O)CCC1=C(C)C(=O)C[C@H]2C(C)(C)CCC[C@]12C. The van der Waals surface area contributed by atoms with Crippen molar-refractivity contribution in [3.05, 3.63) is 22.8 Å². The van der Waals surface area contributed by atoms with E-state index in [9.17, 15) is 9.59 Å². The molecule has 0 aromatic rings. The third-order valence-corrected chi connectivity index (χ3v) is 6.32. The zero-order valence-corrected chi connectivity index (χ0v) is 15.2. The maximum Gasteiger partial charge on any atom is 0.328 e. The lowest BCUT2D eigenvalue weighted by Crippen LogP contribution is -2.47. The van der Waals surface area contributed by atoms with E-state index in [4.69, 9.17) is 5.11 Å². The van der Waals surface area contributed by atoms with Gasteiger partial charge in [-0.3, -0.25) is 4.79 Å². The predicted molar refractivity (Wildman–Crippen MR) is 92.2 cm³/mol. The Morgan fingerprint density at radius 1 is 1.30 bits per heavy atom. The number of carbonyl (C=O) groups excluding carboxylic acids is 1. The van der Waals surface area contributed by atoms with Crippen LogP contribution in [0.1, 0.15) is 73.1 Å². The van der Waals surface area contributed by atoms with Crippen molar-refractivity contribution in [2.75, 3.05) is 0 Å². The topological polar surface area (TPSA) is 54.4 Å². The molecule has 0 bridgehead atoms. The standard InChI is InChI=1S/C20H30O3/c1-13(11-18(22)23)7-8-15-14(2)16(21)12-17-19(3,4)9-6-10-20(15,17)5/h11,17H,6-10,12H2,1-5H3,(H,22,23)/t17-,20+/m0/s1. The Kier molecular flexibility index (Phi) is 4.89. The number of hydrogen-bond acceptors (Lipinski definition) is 2. The number of Topliss-reactive ketones (excluding diaryl/α,β-unsaturated/α-hetero) is 1. The van der Waals surface area contributed by atoms with Crippen molar-refractivity contribution in [2.45, 2.75) is 73.1 Å². The highest BCUT2D eigenvalue weighted by atomic mass is 16.4. The summed E-state index contributed by atoms with van der Waals surface area (Å²) in [4.78, 5) is 23.4. The number of fused-ring (bicyclic) bond motifs is 1. The molecule has 3 heteroatoms. The van der Waals surface area contributed by atoms with Gasteiger partial charge >= 0.3 is 5.97 Å². The van der Waals surface area contributed by atoms with Gasteiger partial charge in [0.1, 0.15) is 0 Å². The van der Waals surface area contributed by atoms with Gasteiger partial charge in [0.25, 0.3) is 0 Å². The van der Waals surface area contributed by atoms with E-state index in [-0.39, 0.29) is 16.6 Å². The Bertz CT molecular complexity index is 580. The maximum atomic E-state index is 12.5. The van der Waals surface area contributed by atoms with Crippen molar-refractivity contribution in [3.63, 3.8) is 0 Å². The highest BCUT2D eigenvalue weighted by Gasteiger charge is 2.51. The fraction of sp³-hybridized carbons (Fsp3) is 0.700. The Hall–Kier alpha value is -1.38. The molecular weight excluding hydrogens is 288 g/mol. The first kappa shape index (κ1) is 18.0. The van der Waals surface area contributed by atoms with Gasteiger partial charge in [-0.2, -0.15) is 0 Å². The number of carboxylic acid groups (broad SMARTS) is 1. The first-order valence-corrected chi connectivity index (χ1v) is 8.71. The van der Waals surface area contributed by atoms with Gasteiger partial charge in [-0.15, -0.1) is 0 Å². The number of carboxylic acids is 1. The second-order valence-electron chi connectivity index (χ2n) is 8.37. The molecule has 128 valence electrons. The van der Waals surface area contributed by atoms with Crippen LogP contribution in [0.25, 0.3) is 0 Å². The molecule has 0 spiro atoms. The van der Waals surface area contributed by atoms with Crippen LogP contribution in [-0.4, -0.2) is 16.9 Å². The Balaban J connectivity index is 2.33. The molecule has 23 heavy (non-hydrogen) atoms. The first-order valence-electron chi connectivity index (χ1n) is 8.71. The smallest absolute Gasteiger partial charge is 0.328 e. The van der Waals surface area contributed by atoms with Crippen LogP contribution in [0.5, 0.6) is 0 Å². The summed E-state index contributed by atoms with van der Waals surface area (Å²) in [7, 11) is 0. The first-order chi connectivity index (χ1) is 10.6. The molecule has 1 saturated carbocycles. The number of carbonyl (C=O) groups is 2. The molecule has 0 aromatic heterocycles. The van der Waals surface area contributed by atoms with Crippen molar-refractivity contribution < 1.29 is 14.7 Å². The van der Waals surface area contributed by atoms with Crippen LogP contribution < -0.4 is 0 Å². The monoisotopic (exact) mass is 318 g/mol. The molecule has 2 atom stereocenters. The van der Waals surface area contributed by atoms with Crippen LogP contribution in [0.2, 0.25) is 0 Å². The molecule has 0 aliphatic heterocycles. The molecule has 1 N–H and O–H groups in total. The lowest BCUT2D eigenvalue weighted by Gasteiger charge is -2.54. The second kappa shape index (κ2) is 6.26. The normalized spacial score (nSPS) is 31.1. The molecule has 3 nitrogen and oxygen atoms in total. The van der Waals surface area contributed by atoms with Gasteiger partial charge in [-0.05, 0) is 61.9 Å². The van der Waals surface area contributed by atoms with E-state index in [1.807, 2.05) is 13.8 Å². The molecule has 0 heterocycles. The van der Waals surface area contributed by atoms with E-state index in [0.29, 0.717) is 12.3 Å². The van der Waals surface area contributed by atoms with E-state index in [2.05, 4.69) is 20.8 Å². The van der Waals surface area contributed by atoms with E-state index in [1.165, 1.54) is 24.5 Å². The molecule has 0 saturated heterocycles. The number of ketones is 1. The minimum atomic E-state index is -0.893. The summed E-state index contributed by atoms with van der Waals surface area (Å²) in [6.07, 6.45) is 7.00. The third kappa shape index (κ3) is 3.44. The van der Waals surface area contributed by atoms with Crippen LogP contribution in [0, 0.1) is 16.7 Å². The number of aliphatic carboxylic acids is 1. The lowest BCUT2D eigenvalue weighted by molar-refractivity contribution is -0.131. The van der Waals surface area contributed by atoms with Gasteiger partial charge in [0.15, 0.2) is 5.78 Å². The summed E-state index contributed by atoms with van der Waals surface area (Å²) in [5, 5.41) is 8.88. The van der Waals surface area contributed by atoms with Gasteiger partial charge in [0.05, 0.1) is 0 Å². The van der Waals surface area contributed by atoms with E-state index < -0.39 is 5.97 Å². The molecule has 0 unspecified atom stereocenters. The summed E-state index contributed by atoms with van der Waals surface area (Å²) in [6, 6.07) is 0. The average molecular weight is 318 g/mol. The highest BCUT2D eigenvalue weighted by molar-refractivity contribution is 5.97. The van der Waals surface area contributed by atoms with Gasteiger partial charge in [0, 0.05) is 12.5 Å². The lowest BCUT2D eigenvalue weighted by atomic mass is 9.49. The molecule has 2 rings (SSSR count). The summed E-state index contributed by atoms with van der Waals surface area (Å²) in [6.45, 7) is 10.8. The van der Waals surface area contributed by atoms with Crippen molar-refractivity contribution in [1.29, 1.82) is 0 Å². The third-order valence-electron chi connectivity index (χ3n) is 6.32. The molecule has 2 aliphatic rings. The fourth-order valence-corrected chi connectivity index (χ4v) is 5.00. The van der Waals surface area contributed by atoms with E-state index in [0.717, 1.165) is 30.4 Å². The van der Waals surface area contributed by atoms with Gasteiger partial charge in [-0.1, -0.05) is 38.3 Å². The number of allylic oxidation sites excluding steroid dienone is 3. The van der Waals surface area contributed by atoms with Crippen LogP contribution in [-0.2, 0) is 9.59 Å². The minimum Gasteiger partial charge on any atom is -0.478 e. The Morgan fingerprint density at radius 2 is 1.96 bits per heavy atom. The average Bonchev–Trinajstić information content (AvgIpc) is 2.40. The molecule has 0 radical (unpaired) electrons. The maximum absolute atomic E-state index is 12.5. The van der Waals surface area contributed by atoms with Crippen molar-refractivity contribution in [2.24, 2.45) is 16.7 Å². The molecule has 0 aromatic carbocycles. The van der Waals surface area contributed by atoms with Crippen LogP contribution in [0.3, 0.4) is 0 Å². The summed E-state index contributed by atoms with van der Waals surface area (Å²) < 4.78 is 0. The quantitative estimate of drug-likeness (QED) is 0.749. The van der Waals surface area contributed by atoms with Crippen molar-refractivity contribution >= 4 is 11.8 Å². The van der Waals surface area contributed by atoms with E-state index in [1.54, 1.807) is 0 Å². The summed E-state index contributed by atoms with van der Waals surface area (Å²) in [5.41, 5.74) is 3.37. The van der Waals surface area contributed by atoms with E-state index >= 15 is 0 Å². The van der Waals surface area contributed by atoms with Crippen LogP contribution >= 0.6 is 0 Å². The summed E-state index contributed by atoms with van der Waals surface area (Å²) in [5.74, 6) is -0.202. The molecule has 1 fully saturated rings. The zero-order valence-electron chi connectivity index (χ0n) is 15.2. The number of rotatable bonds is 4. The van der Waals surface area contributed by atoms with Crippen LogP contribution in [0.15, 0.2) is 22.8 Å². The minimum absolute atomic E-state index is 0.0866. The van der Waals surface area contributed by atoms with Crippen molar-refractivity contribution in [1.82, 2.24) is 0 Å². The summed E-state index contributed by atoms with van der Waals surface area (Å²) >= 11 is 0. The molecule has 0 amide bonds. The Morgan fingerprint density at radius 3 is 2.57 bits per heavy atom. The predicted octanol–water partition coefficient (Wildman–Crippen LogP) is 4.92. The molecular formula is C20H30O3. The molecule has 2 aliphatic carbocycles. The van der Waals surface area contributed by atoms with Gasteiger partial charge in [-0.25, -0.2) is 4.79 Å².